The van der Waals surface area contributed by atoms with Crippen LogP contribution in [-0.2, 0) is 4.79 Å². The summed E-state index contributed by atoms with van der Waals surface area (Å²) in [6.45, 7) is 0. The molecule has 0 saturated carbocycles. The van der Waals surface area contributed by atoms with Gasteiger partial charge in [0, 0.05) is 21.8 Å². The summed E-state index contributed by atoms with van der Waals surface area (Å²) < 4.78 is 0. The van der Waals surface area contributed by atoms with Crippen LogP contribution in [0, 0.1) is 5.41 Å². The van der Waals surface area contributed by atoms with Gasteiger partial charge in [0.05, 0.1) is 0 Å². The molecule has 2 unspecified atom stereocenters. The minimum absolute atomic E-state index is 0.168. The van der Waals surface area contributed by atoms with E-state index in [1.807, 2.05) is 0 Å². The lowest BCUT2D eigenvalue weighted by atomic mass is 9.83. The van der Waals surface area contributed by atoms with Crippen LogP contribution in [0.3, 0.4) is 0 Å². The smallest absolute Gasteiger partial charge is 0.127 e. The van der Waals surface area contributed by atoms with Gasteiger partial charge in [-0.1, -0.05) is 0 Å². The fourth-order valence-electron chi connectivity index (χ4n) is 2.31. The molecule has 0 aromatic rings. The molecule has 2 fully saturated rings. The van der Waals surface area contributed by atoms with Crippen LogP contribution < -0.4 is 0 Å². The van der Waals surface area contributed by atoms with E-state index in [4.69, 9.17) is 11.6 Å². The Morgan fingerprint density at radius 3 is 2.42 bits per heavy atom. The van der Waals surface area contributed by atoms with Gasteiger partial charge in [-0.15, -0.1) is 11.6 Å². The van der Waals surface area contributed by atoms with Crippen LogP contribution in [0.1, 0.15) is 25.7 Å². The van der Waals surface area contributed by atoms with E-state index in [1.165, 1.54) is 12.8 Å². The van der Waals surface area contributed by atoms with Crippen molar-refractivity contribution in [3.63, 3.8) is 0 Å². The molecule has 0 spiro atoms. The molecule has 2 aliphatic rings. The molecule has 0 radical (unpaired) electrons. The van der Waals surface area contributed by atoms with Crippen LogP contribution in [0.4, 0.5) is 0 Å². The van der Waals surface area contributed by atoms with Gasteiger partial charge in [0.2, 0.25) is 0 Å². The van der Waals surface area contributed by atoms with Gasteiger partial charge in [-0.05, 0) is 25.7 Å². The average molecular weight is 205 g/mol. The number of rotatable bonds is 2. The SMILES string of the molecule is O=CC1(CCl)CC2CCC(C1)S2. The lowest BCUT2D eigenvalue weighted by Gasteiger charge is -2.34. The summed E-state index contributed by atoms with van der Waals surface area (Å²) >= 11 is 7.92. The standard InChI is InChI=1S/C9H13ClOS/c10-5-9(6-11)3-7-1-2-8(4-9)12-7/h6-8H,1-5H2. The summed E-state index contributed by atoms with van der Waals surface area (Å²) in [5.41, 5.74) is -0.168. The van der Waals surface area contributed by atoms with Gasteiger partial charge < -0.3 is 4.79 Å². The quantitative estimate of drug-likeness (QED) is 0.508. The van der Waals surface area contributed by atoms with E-state index in [9.17, 15) is 4.79 Å². The first-order valence-electron chi connectivity index (χ1n) is 4.46. The molecule has 2 aliphatic heterocycles. The molecular formula is C9H13ClOS. The second-order valence-corrected chi connectivity index (χ2v) is 5.85. The van der Waals surface area contributed by atoms with Crippen LogP contribution in [-0.4, -0.2) is 22.7 Å². The van der Waals surface area contributed by atoms with Crippen molar-refractivity contribution in [3.05, 3.63) is 0 Å². The van der Waals surface area contributed by atoms with Crippen molar-refractivity contribution in [1.82, 2.24) is 0 Å². The highest BCUT2D eigenvalue weighted by Crippen LogP contribution is 2.50. The van der Waals surface area contributed by atoms with Crippen molar-refractivity contribution >= 4 is 29.6 Å². The summed E-state index contributed by atoms with van der Waals surface area (Å²) in [5, 5.41) is 1.43. The zero-order valence-corrected chi connectivity index (χ0v) is 8.53. The molecule has 0 aromatic heterocycles. The number of alkyl halides is 1. The third-order valence-electron chi connectivity index (χ3n) is 2.98. The fraction of sp³-hybridized carbons (Fsp3) is 0.889. The Hall–Kier alpha value is 0.310. The normalized spacial score (nSPS) is 46.1. The van der Waals surface area contributed by atoms with Crippen molar-refractivity contribution in [2.75, 3.05) is 5.88 Å². The highest BCUT2D eigenvalue weighted by Gasteiger charge is 2.43. The Balaban J connectivity index is 2.13. The summed E-state index contributed by atoms with van der Waals surface area (Å²) in [7, 11) is 0. The molecule has 0 aliphatic carbocycles. The van der Waals surface area contributed by atoms with Crippen molar-refractivity contribution in [2.24, 2.45) is 5.41 Å². The van der Waals surface area contributed by atoms with E-state index < -0.39 is 0 Å². The molecule has 2 heterocycles. The maximum absolute atomic E-state index is 10.9. The van der Waals surface area contributed by atoms with E-state index in [2.05, 4.69) is 11.8 Å². The van der Waals surface area contributed by atoms with E-state index >= 15 is 0 Å². The van der Waals surface area contributed by atoms with Crippen molar-refractivity contribution in [3.8, 4) is 0 Å². The highest BCUT2D eigenvalue weighted by molar-refractivity contribution is 8.00. The summed E-state index contributed by atoms with van der Waals surface area (Å²) in [6, 6.07) is 0. The molecule has 0 aromatic carbocycles. The number of aldehydes is 1. The van der Waals surface area contributed by atoms with Gasteiger partial charge in [-0.25, -0.2) is 0 Å². The topological polar surface area (TPSA) is 17.1 Å². The Morgan fingerprint density at radius 1 is 1.42 bits per heavy atom. The van der Waals surface area contributed by atoms with E-state index in [0.717, 1.165) is 19.1 Å². The molecule has 12 heavy (non-hydrogen) atoms. The van der Waals surface area contributed by atoms with Crippen molar-refractivity contribution in [2.45, 2.75) is 36.2 Å². The minimum atomic E-state index is -0.168. The van der Waals surface area contributed by atoms with E-state index in [1.54, 1.807) is 0 Å². The van der Waals surface area contributed by atoms with Gasteiger partial charge >= 0.3 is 0 Å². The summed E-state index contributed by atoms with van der Waals surface area (Å²) in [6.07, 6.45) is 5.72. The molecule has 0 amide bonds. The monoisotopic (exact) mass is 204 g/mol. The summed E-state index contributed by atoms with van der Waals surface area (Å²) in [5.74, 6) is 0.518. The van der Waals surface area contributed by atoms with Crippen LogP contribution in [0.25, 0.3) is 0 Å². The highest BCUT2D eigenvalue weighted by atomic mass is 35.5. The van der Waals surface area contributed by atoms with Gasteiger partial charge in [-0.2, -0.15) is 11.8 Å². The van der Waals surface area contributed by atoms with Gasteiger partial charge in [0.15, 0.2) is 0 Å². The molecule has 3 heteroatoms. The number of hydrogen-bond acceptors (Lipinski definition) is 2. The number of halogens is 1. The molecule has 2 bridgehead atoms. The van der Waals surface area contributed by atoms with Crippen LogP contribution >= 0.6 is 23.4 Å². The Labute approximate surface area is 82.2 Å². The Morgan fingerprint density at radius 2 is 2.00 bits per heavy atom. The van der Waals surface area contributed by atoms with E-state index in [0.29, 0.717) is 16.4 Å². The predicted octanol–water partition coefficient (Wildman–Crippen LogP) is 2.47. The van der Waals surface area contributed by atoms with Crippen LogP contribution in [0.5, 0.6) is 0 Å². The maximum Gasteiger partial charge on any atom is 0.127 e. The zero-order valence-electron chi connectivity index (χ0n) is 6.96. The van der Waals surface area contributed by atoms with Crippen molar-refractivity contribution < 1.29 is 4.79 Å². The Kier molecular flexibility index (Phi) is 2.39. The number of thioether (sulfide) groups is 1. The third-order valence-corrected chi connectivity index (χ3v) is 5.09. The number of carbonyl (C=O) groups is 1. The number of carbonyl (C=O) groups excluding carboxylic acids is 1. The molecule has 2 atom stereocenters. The minimum Gasteiger partial charge on any atom is -0.303 e. The summed E-state index contributed by atoms with van der Waals surface area (Å²) in [4.78, 5) is 10.9. The second-order valence-electron chi connectivity index (χ2n) is 3.98. The first kappa shape index (κ1) is 8.89. The average Bonchev–Trinajstić information content (AvgIpc) is 2.46. The predicted molar refractivity (Wildman–Crippen MR) is 52.9 cm³/mol. The largest absolute Gasteiger partial charge is 0.303 e. The first-order chi connectivity index (χ1) is 5.78. The van der Waals surface area contributed by atoms with Crippen molar-refractivity contribution in [1.29, 1.82) is 0 Å². The zero-order chi connectivity index (χ0) is 8.60. The molecule has 2 saturated heterocycles. The third kappa shape index (κ3) is 1.39. The molecule has 1 nitrogen and oxygen atoms in total. The fourth-order valence-corrected chi connectivity index (χ4v) is 4.53. The first-order valence-corrected chi connectivity index (χ1v) is 5.93. The van der Waals surface area contributed by atoms with Crippen LogP contribution in [0.15, 0.2) is 0 Å². The molecule has 2 rings (SSSR count). The number of fused-ring (bicyclic) bond motifs is 2. The molecular weight excluding hydrogens is 192 g/mol. The van der Waals surface area contributed by atoms with Gasteiger partial charge in [0.25, 0.3) is 0 Å². The molecule has 68 valence electrons. The molecule has 0 N–H and O–H groups in total. The van der Waals surface area contributed by atoms with Crippen LogP contribution in [0.2, 0.25) is 0 Å². The lowest BCUT2D eigenvalue weighted by molar-refractivity contribution is -0.115. The maximum atomic E-state index is 10.9. The number of hydrogen-bond donors (Lipinski definition) is 0. The van der Waals surface area contributed by atoms with Gasteiger partial charge in [0.1, 0.15) is 6.29 Å². The second kappa shape index (κ2) is 3.22. The lowest BCUT2D eigenvalue weighted by Crippen LogP contribution is -2.33. The Bertz CT molecular complexity index is 183. The van der Waals surface area contributed by atoms with Gasteiger partial charge in [-0.3, -0.25) is 0 Å². The van der Waals surface area contributed by atoms with E-state index in [-0.39, 0.29) is 5.41 Å².